The molecule has 0 unspecified atom stereocenters. The van der Waals surface area contributed by atoms with Gasteiger partial charge in [-0.1, -0.05) is 110 Å². The molecule has 0 fully saturated rings. The largest absolute Gasteiger partial charge is 0.310 e. The number of fused-ring (bicyclic) bond motifs is 5. The Balaban J connectivity index is 1.19. The average molecular weight is 789 g/mol. The molecule has 0 bridgehead atoms. The number of para-hydroxylation sites is 4. The van der Waals surface area contributed by atoms with Crippen molar-refractivity contribution in [1.29, 1.82) is 0 Å². The van der Waals surface area contributed by atoms with Crippen LogP contribution in [-0.4, -0.2) is 27.6 Å². The van der Waals surface area contributed by atoms with E-state index in [4.69, 9.17) is 4.98 Å². The van der Waals surface area contributed by atoms with E-state index in [2.05, 4.69) is 219 Å². The van der Waals surface area contributed by atoms with E-state index in [1.165, 1.54) is 32.5 Å². The van der Waals surface area contributed by atoms with Crippen LogP contribution >= 0.6 is 0 Å². The number of pyridine rings is 3. The second-order valence-electron chi connectivity index (χ2n) is 15.8. The molecule has 4 aromatic heterocycles. The quantitative estimate of drug-likeness (QED) is 0.151. The van der Waals surface area contributed by atoms with Crippen LogP contribution in [-0.2, 0) is 0 Å². The molecule has 286 valence electrons. The Morgan fingerprint density at radius 2 is 0.833 bits per heavy atom. The number of anilines is 6. The third kappa shape index (κ3) is 5.90. The minimum atomic E-state index is -2.05. The van der Waals surface area contributed by atoms with E-state index in [0.717, 1.165) is 62.0 Å². The standard InChI is InChI=1S/C53H40N6Si/c1-60(2)50-17-9-7-15-48(50)59(49-16-8-10-18-51(49)60)53-36-43(35-52(56-53)58-46-13-5-3-11-44(46)45-12-4-6-14-47(45)58)57(41-23-19-37(20-24-41)39-27-31-54-32-28-39)42-25-21-38(22-26-42)40-29-33-55-34-30-40/h3-36H,1-2H3. The average Bonchev–Trinajstić information content (AvgIpc) is 3.65. The first-order valence-corrected chi connectivity index (χ1v) is 23.3. The zero-order valence-electron chi connectivity index (χ0n) is 33.3. The summed E-state index contributed by atoms with van der Waals surface area (Å²) in [6.45, 7) is 4.92. The van der Waals surface area contributed by atoms with Gasteiger partial charge in [0.15, 0.2) is 0 Å². The lowest BCUT2D eigenvalue weighted by molar-refractivity contribution is 1.05. The predicted molar refractivity (Wildman–Crippen MR) is 251 cm³/mol. The first kappa shape index (κ1) is 35.5. The van der Waals surface area contributed by atoms with Crippen molar-refractivity contribution in [3.8, 4) is 28.1 Å². The molecule has 5 heterocycles. The summed E-state index contributed by atoms with van der Waals surface area (Å²) in [7, 11) is -2.05. The zero-order valence-corrected chi connectivity index (χ0v) is 34.3. The molecule has 10 aromatic rings. The first-order chi connectivity index (χ1) is 29.5. The van der Waals surface area contributed by atoms with Crippen LogP contribution in [0, 0.1) is 0 Å². The molecule has 0 radical (unpaired) electrons. The van der Waals surface area contributed by atoms with E-state index < -0.39 is 8.07 Å². The summed E-state index contributed by atoms with van der Waals surface area (Å²) in [5.41, 5.74) is 12.1. The van der Waals surface area contributed by atoms with E-state index in [1.54, 1.807) is 0 Å². The minimum absolute atomic E-state index is 0.837. The van der Waals surface area contributed by atoms with Crippen LogP contribution in [0.2, 0.25) is 13.1 Å². The maximum Gasteiger partial charge on any atom is 0.142 e. The predicted octanol–water partition coefficient (Wildman–Crippen LogP) is 12.4. The molecule has 0 atom stereocenters. The molecule has 1 aliphatic rings. The summed E-state index contributed by atoms with van der Waals surface area (Å²) in [6.07, 6.45) is 7.37. The van der Waals surface area contributed by atoms with Crippen molar-refractivity contribution < 1.29 is 0 Å². The molecule has 0 aliphatic carbocycles. The summed E-state index contributed by atoms with van der Waals surface area (Å²) in [5.74, 6) is 1.68. The monoisotopic (exact) mass is 788 g/mol. The van der Waals surface area contributed by atoms with Gasteiger partial charge in [-0.3, -0.25) is 19.4 Å². The Morgan fingerprint density at radius 3 is 1.33 bits per heavy atom. The number of nitrogens with zero attached hydrogens (tertiary/aromatic N) is 6. The van der Waals surface area contributed by atoms with Gasteiger partial charge in [0, 0.05) is 70.4 Å². The molecule has 60 heavy (non-hydrogen) atoms. The van der Waals surface area contributed by atoms with Gasteiger partial charge in [-0.15, -0.1) is 0 Å². The van der Waals surface area contributed by atoms with Crippen molar-refractivity contribution >= 4 is 74.5 Å². The van der Waals surface area contributed by atoms with Gasteiger partial charge in [-0.2, -0.15) is 0 Å². The maximum atomic E-state index is 5.69. The van der Waals surface area contributed by atoms with Crippen LogP contribution in [0.5, 0.6) is 0 Å². The normalized spacial score (nSPS) is 12.9. The number of benzene rings is 6. The molecule has 0 saturated carbocycles. The van der Waals surface area contributed by atoms with Gasteiger partial charge in [0.1, 0.15) is 19.7 Å². The van der Waals surface area contributed by atoms with Crippen molar-refractivity contribution in [3.05, 3.63) is 207 Å². The molecular formula is C53H40N6Si. The van der Waals surface area contributed by atoms with E-state index in [9.17, 15) is 0 Å². The molecule has 0 saturated heterocycles. The maximum absolute atomic E-state index is 5.69. The van der Waals surface area contributed by atoms with Crippen LogP contribution in [0.4, 0.5) is 34.3 Å². The van der Waals surface area contributed by atoms with Gasteiger partial charge < -0.3 is 4.90 Å². The lowest BCUT2D eigenvalue weighted by Crippen LogP contribution is -2.58. The minimum Gasteiger partial charge on any atom is -0.310 e. The second kappa shape index (κ2) is 14.3. The fraction of sp³-hybridized carbons (Fsp3) is 0.0377. The van der Waals surface area contributed by atoms with Gasteiger partial charge in [0.25, 0.3) is 0 Å². The summed E-state index contributed by atoms with van der Waals surface area (Å²) in [4.78, 5) is 18.9. The van der Waals surface area contributed by atoms with E-state index in [1.807, 2.05) is 24.8 Å². The second-order valence-corrected chi connectivity index (χ2v) is 20.1. The third-order valence-corrected chi connectivity index (χ3v) is 15.5. The SMILES string of the molecule is C[Si]1(C)c2ccccc2N(c2cc(N(c3ccc(-c4ccncc4)cc3)c3ccc(-c4ccncc4)cc3)cc(-n3c4ccccc4c4ccccc43)n2)c2ccccc21. The van der Waals surface area contributed by atoms with Crippen LogP contribution in [0.15, 0.2) is 207 Å². The van der Waals surface area contributed by atoms with Gasteiger partial charge in [0.05, 0.1) is 16.7 Å². The molecule has 11 rings (SSSR count). The van der Waals surface area contributed by atoms with Gasteiger partial charge in [-0.05, 0) is 105 Å². The van der Waals surface area contributed by atoms with Crippen LogP contribution in [0.1, 0.15) is 0 Å². The van der Waals surface area contributed by atoms with E-state index in [-0.39, 0.29) is 0 Å². The highest BCUT2D eigenvalue weighted by Crippen LogP contribution is 2.44. The Labute approximate surface area is 350 Å². The summed E-state index contributed by atoms with van der Waals surface area (Å²) >= 11 is 0. The Bertz CT molecular complexity index is 2990. The van der Waals surface area contributed by atoms with Crippen LogP contribution < -0.4 is 20.2 Å². The van der Waals surface area contributed by atoms with Gasteiger partial charge in [0.2, 0.25) is 0 Å². The highest BCUT2D eigenvalue weighted by atomic mass is 28.3. The van der Waals surface area contributed by atoms with Crippen molar-refractivity contribution in [2.45, 2.75) is 13.1 Å². The number of hydrogen-bond acceptors (Lipinski definition) is 5. The molecule has 6 nitrogen and oxygen atoms in total. The fourth-order valence-corrected chi connectivity index (χ4v) is 12.1. The van der Waals surface area contributed by atoms with E-state index >= 15 is 0 Å². The molecule has 7 heteroatoms. The first-order valence-electron chi connectivity index (χ1n) is 20.3. The Kier molecular flexibility index (Phi) is 8.49. The highest BCUT2D eigenvalue weighted by Gasteiger charge is 2.39. The molecule has 6 aromatic carbocycles. The summed E-state index contributed by atoms with van der Waals surface area (Å²) in [5, 5.41) is 5.17. The molecule has 0 amide bonds. The Hall–Kier alpha value is -7.61. The smallest absolute Gasteiger partial charge is 0.142 e. The highest BCUT2D eigenvalue weighted by molar-refractivity contribution is 7.02. The molecule has 0 N–H and O–H groups in total. The van der Waals surface area contributed by atoms with Crippen LogP contribution in [0.3, 0.4) is 0 Å². The topological polar surface area (TPSA) is 50.1 Å². The lowest BCUT2D eigenvalue weighted by atomic mass is 10.0. The lowest BCUT2D eigenvalue weighted by Gasteiger charge is -2.40. The Morgan fingerprint density at radius 1 is 0.417 bits per heavy atom. The molecular weight excluding hydrogens is 749 g/mol. The zero-order chi connectivity index (χ0) is 40.2. The van der Waals surface area contributed by atoms with Crippen molar-refractivity contribution in [2.75, 3.05) is 9.80 Å². The van der Waals surface area contributed by atoms with Gasteiger partial charge in [-0.25, -0.2) is 4.98 Å². The summed E-state index contributed by atoms with van der Waals surface area (Å²) < 4.78 is 2.33. The van der Waals surface area contributed by atoms with Crippen LogP contribution in [0.25, 0.3) is 49.9 Å². The van der Waals surface area contributed by atoms with Crippen molar-refractivity contribution in [3.63, 3.8) is 0 Å². The van der Waals surface area contributed by atoms with Crippen molar-refractivity contribution in [1.82, 2.24) is 19.5 Å². The van der Waals surface area contributed by atoms with E-state index in [0.29, 0.717) is 0 Å². The van der Waals surface area contributed by atoms with Crippen molar-refractivity contribution in [2.24, 2.45) is 0 Å². The third-order valence-electron chi connectivity index (χ3n) is 12.0. The molecule has 1 aliphatic heterocycles. The fourth-order valence-electron chi connectivity index (χ4n) is 9.07. The number of hydrogen-bond donors (Lipinski definition) is 0. The number of aromatic nitrogens is 4. The van der Waals surface area contributed by atoms with Gasteiger partial charge >= 0.3 is 0 Å². The number of rotatable bonds is 7. The summed E-state index contributed by atoms with van der Waals surface area (Å²) in [6, 6.07) is 65.5. The molecule has 0 spiro atoms.